The van der Waals surface area contributed by atoms with Gasteiger partial charge in [-0.3, -0.25) is 9.59 Å². The summed E-state index contributed by atoms with van der Waals surface area (Å²) in [4.78, 5) is 25.1. The highest BCUT2D eigenvalue weighted by atomic mass is 16.7. The normalized spacial score (nSPS) is 18.6. The number of unbranched alkanes of at least 4 members (excludes halogenated alkanes) is 45. The van der Waals surface area contributed by atoms with E-state index < -0.39 is 49.5 Å². The van der Waals surface area contributed by atoms with Gasteiger partial charge in [0.05, 0.1) is 32.0 Å². The Morgan fingerprint density at radius 2 is 0.818 bits per heavy atom. The zero-order valence-corrected chi connectivity index (χ0v) is 50.5. The highest BCUT2D eigenvalue weighted by Crippen LogP contribution is 2.23. The Hall–Kier alpha value is -1.60. The van der Waals surface area contributed by atoms with Crippen LogP contribution in [0.3, 0.4) is 0 Å². The topological polar surface area (TPSA) is 175 Å². The fourth-order valence-corrected chi connectivity index (χ4v) is 10.8. The molecule has 11 nitrogen and oxygen atoms in total. The summed E-state index contributed by atoms with van der Waals surface area (Å²) in [6.07, 6.45) is 57.7. The smallest absolute Gasteiger partial charge is 0.305 e. The van der Waals surface area contributed by atoms with Gasteiger partial charge in [-0.05, 0) is 32.1 Å². The van der Waals surface area contributed by atoms with Crippen LogP contribution in [-0.2, 0) is 23.8 Å². The number of carbonyl (C=O) groups excluding carboxylic acids is 2. The molecule has 1 heterocycles. The number of hydrogen-bond donors (Lipinski definition) is 6. The summed E-state index contributed by atoms with van der Waals surface area (Å²) < 4.78 is 16.7. The third kappa shape index (κ3) is 45.7. The molecule has 0 aliphatic carbocycles. The van der Waals surface area contributed by atoms with Crippen LogP contribution in [-0.4, -0.2) is 100 Å². The van der Waals surface area contributed by atoms with Gasteiger partial charge in [0.25, 0.3) is 0 Å². The molecular weight excluding hydrogens is 967 g/mol. The quantitative estimate of drug-likeness (QED) is 0.0195. The number of nitrogens with one attached hydrogen (secondary N) is 1. The van der Waals surface area contributed by atoms with Gasteiger partial charge in [0.15, 0.2) is 6.29 Å². The zero-order valence-electron chi connectivity index (χ0n) is 50.5. The second-order valence-electron chi connectivity index (χ2n) is 23.5. The molecule has 0 aromatic carbocycles. The van der Waals surface area contributed by atoms with E-state index >= 15 is 0 Å². The highest BCUT2D eigenvalue weighted by molar-refractivity contribution is 5.76. The summed E-state index contributed by atoms with van der Waals surface area (Å²) in [5, 5.41) is 54.3. The van der Waals surface area contributed by atoms with E-state index in [1.807, 2.05) is 6.08 Å². The van der Waals surface area contributed by atoms with Crippen LogP contribution in [0.1, 0.15) is 335 Å². The molecule has 1 rings (SSSR count). The number of esters is 1. The number of aliphatic hydroxyl groups excluding tert-OH is 5. The Morgan fingerprint density at radius 3 is 1.21 bits per heavy atom. The summed E-state index contributed by atoms with van der Waals surface area (Å²) in [5.74, 6) is -0.179. The first-order valence-corrected chi connectivity index (χ1v) is 33.5. The molecule has 1 amide bonds. The molecule has 11 heteroatoms. The van der Waals surface area contributed by atoms with Crippen LogP contribution in [0.4, 0.5) is 0 Å². The number of carbonyl (C=O) groups is 2. The van der Waals surface area contributed by atoms with Crippen molar-refractivity contribution in [2.24, 2.45) is 0 Å². The van der Waals surface area contributed by atoms with Gasteiger partial charge in [-0.15, -0.1) is 0 Å². The summed E-state index contributed by atoms with van der Waals surface area (Å²) in [7, 11) is 0. The molecule has 7 unspecified atom stereocenters. The predicted octanol–water partition coefficient (Wildman–Crippen LogP) is 16.3. The molecule has 0 bridgehead atoms. The van der Waals surface area contributed by atoms with E-state index in [0.29, 0.717) is 19.4 Å². The third-order valence-electron chi connectivity index (χ3n) is 16.2. The van der Waals surface area contributed by atoms with Crippen molar-refractivity contribution in [3.63, 3.8) is 0 Å². The van der Waals surface area contributed by atoms with Crippen LogP contribution < -0.4 is 5.32 Å². The molecule has 6 N–H and O–H groups in total. The first kappa shape index (κ1) is 73.4. The van der Waals surface area contributed by atoms with Gasteiger partial charge >= 0.3 is 5.97 Å². The van der Waals surface area contributed by atoms with E-state index in [1.165, 1.54) is 250 Å². The number of amides is 1. The molecule has 0 spiro atoms. The van der Waals surface area contributed by atoms with E-state index in [-0.39, 0.29) is 18.5 Å². The largest absolute Gasteiger partial charge is 0.466 e. The van der Waals surface area contributed by atoms with Gasteiger partial charge in [-0.25, -0.2) is 0 Å². The minimum atomic E-state index is -1.57. The van der Waals surface area contributed by atoms with Crippen LogP contribution in [0, 0.1) is 0 Å². The molecule has 1 saturated heterocycles. The molecule has 0 saturated carbocycles. The molecule has 77 heavy (non-hydrogen) atoms. The van der Waals surface area contributed by atoms with Gasteiger partial charge in [0.1, 0.15) is 24.4 Å². The molecule has 1 fully saturated rings. The molecule has 456 valence electrons. The van der Waals surface area contributed by atoms with Gasteiger partial charge in [0, 0.05) is 12.8 Å². The van der Waals surface area contributed by atoms with Crippen molar-refractivity contribution < 1.29 is 49.3 Å². The van der Waals surface area contributed by atoms with Crippen molar-refractivity contribution in [3.05, 3.63) is 12.2 Å². The average Bonchev–Trinajstić information content (AvgIpc) is 3.43. The Labute approximate surface area is 474 Å². The Kier molecular flexibility index (Phi) is 53.6. The Balaban J connectivity index is 1.93. The minimum absolute atomic E-state index is 0.00432. The van der Waals surface area contributed by atoms with Crippen molar-refractivity contribution in [2.75, 3.05) is 19.8 Å². The number of aliphatic hydroxyl groups is 5. The molecule has 0 aromatic heterocycles. The number of rotatable bonds is 59. The average molecular weight is 1090 g/mol. The first-order valence-electron chi connectivity index (χ1n) is 33.5. The highest BCUT2D eigenvalue weighted by Gasteiger charge is 2.44. The first-order chi connectivity index (χ1) is 37.7. The van der Waals surface area contributed by atoms with E-state index in [9.17, 15) is 35.1 Å². The van der Waals surface area contributed by atoms with Crippen molar-refractivity contribution >= 4 is 11.9 Å². The minimum Gasteiger partial charge on any atom is -0.466 e. The summed E-state index contributed by atoms with van der Waals surface area (Å²) >= 11 is 0. The lowest BCUT2D eigenvalue weighted by molar-refractivity contribution is -0.302. The van der Waals surface area contributed by atoms with E-state index in [0.717, 1.165) is 57.8 Å². The standard InChI is InChI=1S/C66H127NO10/c1-3-5-7-9-11-13-14-15-16-17-21-25-28-31-34-38-42-46-50-54-62(71)75-55-51-47-43-39-35-32-29-26-23-20-18-19-22-24-27-30-33-37-41-45-49-53-61(70)67-58(59(69)52-48-44-40-36-12-10-8-6-4-2)57-76-66-65(74)64(73)63(72)60(56-68)77-66/h48,52,58-60,63-66,68-69,72-74H,3-47,49-51,53-57H2,1-2H3,(H,67,70)/b52-48+. The molecule has 1 aliphatic heterocycles. The van der Waals surface area contributed by atoms with Crippen LogP contribution in [0.25, 0.3) is 0 Å². The van der Waals surface area contributed by atoms with Crippen LogP contribution >= 0.6 is 0 Å². The number of hydrogen-bond acceptors (Lipinski definition) is 10. The maximum atomic E-state index is 13.0. The number of ether oxygens (including phenoxy) is 3. The molecule has 0 aromatic rings. The van der Waals surface area contributed by atoms with Crippen LogP contribution in [0.5, 0.6) is 0 Å². The zero-order chi connectivity index (χ0) is 55.9. The fourth-order valence-electron chi connectivity index (χ4n) is 10.8. The summed E-state index contributed by atoms with van der Waals surface area (Å²) in [6.45, 7) is 4.34. The number of allylic oxidation sites excluding steroid dienone is 1. The lowest BCUT2D eigenvalue weighted by Gasteiger charge is -2.40. The van der Waals surface area contributed by atoms with Gasteiger partial charge in [-0.2, -0.15) is 0 Å². The van der Waals surface area contributed by atoms with E-state index in [2.05, 4.69) is 19.2 Å². The second-order valence-corrected chi connectivity index (χ2v) is 23.5. The Bertz CT molecular complexity index is 1280. The van der Waals surface area contributed by atoms with Crippen LogP contribution in [0.2, 0.25) is 0 Å². The Morgan fingerprint density at radius 1 is 0.468 bits per heavy atom. The molecule has 0 radical (unpaired) electrons. The molecule has 7 atom stereocenters. The van der Waals surface area contributed by atoms with Gasteiger partial charge < -0.3 is 45.1 Å². The third-order valence-corrected chi connectivity index (χ3v) is 16.2. The van der Waals surface area contributed by atoms with Gasteiger partial charge in [0.2, 0.25) is 5.91 Å². The van der Waals surface area contributed by atoms with Crippen molar-refractivity contribution in [1.29, 1.82) is 0 Å². The lowest BCUT2D eigenvalue weighted by atomic mass is 9.99. The van der Waals surface area contributed by atoms with Crippen LogP contribution in [0.15, 0.2) is 12.2 Å². The fraction of sp³-hybridized carbons (Fsp3) is 0.939. The van der Waals surface area contributed by atoms with Crippen molar-refractivity contribution in [2.45, 2.75) is 378 Å². The van der Waals surface area contributed by atoms with Crippen molar-refractivity contribution in [1.82, 2.24) is 5.32 Å². The van der Waals surface area contributed by atoms with E-state index in [1.54, 1.807) is 6.08 Å². The predicted molar refractivity (Wildman–Crippen MR) is 320 cm³/mol. The maximum absolute atomic E-state index is 13.0. The monoisotopic (exact) mass is 1090 g/mol. The van der Waals surface area contributed by atoms with E-state index in [4.69, 9.17) is 14.2 Å². The molecule has 1 aliphatic rings. The maximum Gasteiger partial charge on any atom is 0.305 e. The second kappa shape index (κ2) is 56.3. The SMILES string of the molecule is CCCCCCCCC/C=C/C(O)C(COC1OC(CO)C(O)C(O)C1O)NC(=O)CCCCCCCCCCCCCCCCCCCCCCCOC(=O)CCCCCCCCCCCCCCCCCCCCC. The summed E-state index contributed by atoms with van der Waals surface area (Å²) in [5.41, 5.74) is 0. The lowest BCUT2D eigenvalue weighted by Crippen LogP contribution is -2.60. The summed E-state index contributed by atoms with van der Waals surface area (Å²) in [6, 6.07) is -0.808. The van der Waals surface area contributed by atoms with Crippen molar-refractivity contribution in [3.8, 4) is 0 Å². The molecular formula is C66H127NO10. The van der Waals surface area contributed by atoms with Gasteiger partial charge in [-0.1, -0.05) is 302 Å².